The molecule has 0 saturated carbocycles. The summed E-state index contributed by atoms with van der Waals surface area (Å²) < 4.78 is 0.978. The van der Waals surface area contributed by atoms with Gasteiger partial charge in [-0.2, -0.15) is 0 Å². The highest BCUT2D eigenvalue weighted by Gasteiger charge is 2.18. The van der Waals surface area contributed by atoms with Crippen LogP contribution in [0.2, 0.25) is 0 Å². The van der Waals surface area contributed by atoms with Crippen molar-refractivity contribution in [3.05, 3.63) is 34.3 Å². The van der Waals surface area contributed by atoms with Crippen LogP contribution in [0.25, 0.3) is 0 Å². The fourth-order valence-corrected chi connectivity index (χ4v) is 1.80. The van der Waals surface area contributed by atoms with E-state index in [0.29, 0.717) is 6.42 Å². The molecule has 1 aromatic carbocycles. The summed E-state index contributed by atoms with van der Waals surface area (Å²) in [6.07, 6.45) is 2.70. The molecule has 0 radical (unpaired) electrons. The van der Waals surface area contributed by atoms with Crippen molar-refractivity contribution in [3.8, 4) is 0 Å². The van der Waals surface area contributed by atoms with Crippen LogP contribution in [0.1, 0.15) is 37.7 Å². The first-order valence-electron chi connectivity index (χ1n) is 5.13. The summed E-state index contributed by atoms with van der Waals surface area (Å²) in [7, 11) is 0. The van der Waals surface area contributed by atoms with Gasteiger partial charge in [0.1, 0.15) is 0 Å². The van der Waals surface area contributed by atoms with Crippen LogP contribution in [0.15, 0.2) is 28.7 Å². The number of unbranched alkanes of at least 4 members (excludes halogenated alkanes) is 1. The van der Waals surface area contributed by atoms with Gasteiger partial charge in [0.2, 0.25) is 0 Å². The first-order valence-corrected chi connectivity index (χ1v) is 5.92. The fourth-order valence-electron chi connectivity index (χ4n) is 1.54. The minimum absolute atomic E-state index is 0.363. The Morgan fingerprint density at radius 3 is 2.47 bits per heavy atom. The molecule has 0 aliphatic heterocycles. The first-order chi connectivity index (χ1) is 7.15. The van der Waals surface area contributed by atoms with Gasteiger partial charge in [0.05, 0.1) is 5.92 Å². The molecule has 1 unspecified atom stereocenters. The monoisotopic (exact) mass is 270 g/mol. The van der Waals surface area contributed by atoms with Gasteiger partial charge in [0, 0.05) is 4.47 Å². The third-order valence-electron chi connectivity index (χ3n) is 2.42. The number of hydrogen-bond acceptors (Lipinski definition) is 1. The molecule has 0 saturated heterocycles. The number of hydrogen-bond donors (Lipinski definition) is 1. The van der Waals surface area contributed by atoms with Crippen LogP contribution < -0.4 is 0 Å². The number of rotatable bonds is 5. The highest BCUT2D eigenvalue weighted by molar-refractivity contribution is 9.10. The summed E-state index contributed by atoms with van der Waals surface area (Å²) >= 11 is 3.34. The van der Waals surface area contributed by atoms with Gasteiger partial charge in [-0.3, -0.25) is 4.79 Å². The van der Waals surface area contributed by atoms with Crippen LogP contribution >= 0.6 is 15.9 Å². The lowest BCUT2D eigenvalue weighted by atomic mass is 9.94. The second-order valence-electron chi connectivity index (χ2n) is 3.58. The molecule has 1 rings (SSSR count). The number of carbonyl (C=O) groups is 1. The molecule has 0 fully saturated rings. The number of carboxylic acids is 1. The highest BCUT2D eigenvalue weighted by atomic mass is 79.9. The molecule has 2 nitrogen and oxygen atoms in total. The second kappa shape index (κ2) is 5.91. The van der Waals surface area contributed by atoms with Crippen molar-refractivity contribution in [2.24, 2.45) is 0 Å². The van der Waals surface area contributed by atoms with Gasteiger partial charge in [-0.05, 0) is 24.1 Å². The van der Waals surface area contributed by atoms with Gasteiger partial charge in [-0.1, -0.05) is 47.8 Å². The van der Waals surface area contributed by atoms with E-state index in [4.69, 9.17) is 5.11 Å². The lowest BCUT2D eigenvalue weighted by Crippen LogP contribution is -2.11. The molecule has 1 N–H and O–H groups in total. The molecule has 0 aliphatic carbocycles. The lowest BCUT2D eigenvalue weighted by Gasteiger charge is -2.11. The molecule has 82 valence electrons. The molecular formula is C12H15BrO2. The third kappa shape index (κ3) is 3.67. The van der Waals surface area contributed by atoms with Crippen molar-refractivity contribution >= 4 is 21.9 Å². The van der Waals surface area contributed by atoms with Crippen molar-refractivity contribution in [3.63, 3.8) is 0 Å². The van der Waals surface area contributed by atoms with Crippen molar-refractivity contribution in [2.45, 2.75) is 32.1 Å². The van der Waals surface area contributed by atoms with Crippen LogP contribution in [0.3, 0.4) is 0 Å². The van der Waals surface area contributed by atoms with E-state index < -0.39 is 5.97 Å². The van der Waals surface area contributed by atoms with E-state index in [2.05, 4.69) is 22.9 Å². The minimum Gasteiger partial charge on any atom is -0.481 e. The highest BCUT2D eigenvalue weighted by Crippen LogP contribution is 2.23. The molecule has 0 bridgehead atoms. The zero-order chi connectivity index (χ0) is 11.3. The second-order valence-corrected chi connectivity index (χ2v) is 4.50. The molecule has 0 spiro atoms. The zero-order valence-corrected chi connectivity index (χ0v) is 10.3. The molecule has 0 amide bonds. The number of aliphatic carboxylic acids is 1. The molecule has 0 heterocycles. The maximum atomic E-state index is 11.1. The summed E-state index contributed by atoms with van der Waals surface area (Å²) in [4.78, 5) is 11.1. The van der Waals surface area contributed by atoms with E-state index in [1.54, 1.807) is 0 Å². The van der Waals surface area contributed by atoms with Crippen LogP contribution in [0.4, 0.5) is 0 Å². The summed E-state index contributed by atoms with van der Waals surface area (Å²) in [5.74, 6) is -1.09. The Balaban J connectivity index is 2.79. The average Bonchev–Trinajstić information content (AvgIpc) is 2.21. The SMILES string of the molecule is CCCCC(C(=O)O)c1ccc(Br)cc1. The Labute approximate surface area is 98.4 Å². The van der Waals surface area contributed by atoms with Crippen molar-refractivity contribution in [1.82, 2.24) is 0 Å². The molecule has 0 aliphatic rings. The fraction of sp³-hybridized carbons (Fsp3) is 0.417. The number of carboxylic acid groups (broad SMARTS) is 1. The molecular weight excluding hydrogens is 256 g/mol. The Morgan fingerprint density at radius 1 is 1.40 bits per heavy atom. The first kappa shape index (κ1) is 12.2. The smallest absolute Gasteiger partial charge is 0.310 e. The maximum absolute atomic E-state index is 11.1. The Morgan fingerprint density at radius 2 is 2.00 bits per heavy atom. The summed E-state index contributed by atoms with van der Waals surface area (Å²) in [5, 5.41) is 9.11. The predicted molar refractivity (Wildman–Crippen MR) is 64.0 cm³/mol. The van der Waals surface area contributed by atoms with E-state index in [9.17, 15) is 4.79 Å². The largest absolute Gasteiger partial charge is 0.481 e. The third-order valence-corrected chi connectivity index (χ3v) is 2.95. The van der Waals surface area contributed by atoms with Gasteiger partial charge < -0.3 is 5.11 Å². The van der Waals surface area contributed by atoms with Gasteiger partial charge in [0.15, 0.2) is 0 Å². The van der Waals surface area contributed by atoms with Gasteiger partial charge in [-0.15, -0.1) is 0 Å². The standard InChI is InChI=1S/C12H15BrO2/c1-2-3-4-11(12(14)15)9-5-7-10(13)8-6-9/h5-8,11H,2-4H2,1H3,(H,14,15). The van der Waals surface area contributed by atoms with E-state index >= 15 is 0 Å². The molecule has 0 aromatic heterocycles. The number of halogens is 1. The van der Waals surface area contributed by atoms with E-state index in [0.717, 1.165) is 22.9 Å². The summed E-state index contributed by atoms with van der Waals surface area (Å²) in [5.41, 5.74) is 0.888. The van der Waals surface area contributed by atoms with E-state index in [-0.39, 0.29) is 5.92 Å². The van der Waals surface area contributed by atoms with E-state index in [1.807, 2.05) is 24.3 Å². The van der Waals surface area contributed by atoms with Crippen molar-refractivity contribution < 1.29 is 9.90 Å². The molecule has 15 heavy (non-hydrogen) atoms. The Bertz CT molecular complexity index is 319. The van der Waals surface area contributed by atoms with Gasteiger partial charge >= 0.3 is 5.97 Å². The maximum Gasteiger partial charge on any atom is 0.310 e. The molecule has 1 atom stereocenters. The van der Waals surface area contributed by atoms with Crippen molar-refractivity contribution in [1.29, 1.82) is 0 Å². The normalized spacial score (nSPS) is 12.4. The van der Waals surface area contributed by atoms with Gasteiger partial charge in [-0.25, -0.2) is 0 Å². The van der Waals surface area contributed by atoms with Gasteiger partial charge in [0.25, 0.3) is 0 Å². The predicted octanol–water partition coefficient (Wildman–Crippen LogP) is 3.81. The molecule has 1 aromatic rings. The Kier molecular flexibility index (Phi) is 4.82. The van der Waals surface area contributed by atoms with Crippen LogP contribution in [0, 0.1) is 0 Å². The topological polar surface area (TPSA) is 37.3 Å². The summed E-state index contributed by atoms with van der Waals surface area (Å²) in [6.45, 7) is 2.07. The van der Waals surface area contributed by atoms with Crippen molar-refractivity contribution in [2.75, 3.05) is 0 Å². The van der Waals surface area contributed by atoms with E-state index in [1.165, 1.54) is 0 Å². The zero-order valence-electron chi connectivity index (χ0n) is 8.74. The number of benzene rings is 1. The van der Waals surface area contributed by atoms with Crippen LogP contribution in [-0.4, -0.2) is 11.1 Å². The summed E-state index contributed by atoms with van der Waals surface area (Å²) in [6, 6.07) is 7.52. The lowest BCUT2D eigenvalue weighted by molar-refractivity contribution is -0.139. The average molecular weight is 271 g/mol. The molecule has 3 heteroatoms. The van der Waals surface area contributed by atoms with Crippen LogP contribution in [0.5, 0.6) is 0 Å². The quantitative estimate of drug-likeness (QED) is 0.884. The minimum atomic E-state index is -0.731. The Hall–Kier alpha value is -0.830. The van der Waals surface area contributed by atoms with Crippen LogP contribution in [-0.2, 0) is 4.79 Å².